The molecule has 1 aliphatic rings. The van der Waals surface area contributed by atoms with Gasteiger partial charge in [0.25, 0.3) is 0 Å². The normalized spacial score (nSPS) is 17.9. The van der Waals surface area contributed by atoms with Gasteiger partial charge in [-0.1, -0.05) is 6.92 Å². The van der Waals surface area contributed by atoms with Crippen molar-refractivity contribution in [2.45, 2.75) is 59.2 Å². The molecule has 0 bridgehead atoms. The van der Waals surface area contributed by atoms with Gasteiger partial charge in [0.2, 0.25) is 5.91 Å². The smallest absolute Gasteiger partial charge is 0.225 e. The van der Waals surface area contributed by atoms with Crippen LogP contribution < -0.4 is 0 Å². The molecule has 6 nitrogen and oxygen atoms in total. The summed E-state index contributed by atoms with van der Waals surface area (Å²) in [7, 11) is 0. The Labute approximate surface area is 137 Å². The first-order valence-electron chi connectivity index (χ1n) is 8.41. The lowest BCUT2D eigenvalue weighted by molar-refractivity contribution is -0.134. The van der Waals surface area contributed by atoms with Gasteiger partial charge in [0, 0.05) is 44.1 Å². The van der Waals surface area contributed by atoms with Crippen LogP contribution in [-0.4, -0.2) is 36.7 Å². The largest absolute Gasteiger partial charge is 0.333 e. The maximum absolute atomic E-state index is 12.8. The van der Waals surface area contributed by atoms with Gasteiger partial charge in [0.05, 0.1) is 11.7 Å². The number of carbonyl (C=O) groups is 1. The minimum absolute atomic E-state index is 0.0838. The van der Waals surface area contributed by atoms with Crippen molar-refractivity contribution in [2.75, 3.05) is 6.54 Å². The van der Waals surface area contributed by atoms with Gasteiger partial charge < -0.3 is 9.47 Å². The van der Waals surface area contributed by atoms with Gasteiger partial charge in [-0.25, -0.2) is 4.98 Å². The number of nitrogens with zero attached hydrogens (tertiary/aromatic N) is 5. The molecule has 0 saturated heterocycles. The number of hydrogen-bond acceptors (Lipinski definition) is 3. The zero-order valence-electron chi connectivity index (χ0n) is 14.2. The van der Waals surface area contributed by atoms with E-state index in [2.05, 4.69) is 21.6 Å². The van der Waals surface area contributed by atoms with Gasteiger partial charge in [-0.3, -0.25) is 9.48 Å². The van der Waals surface area contributed by atoms with E-state index >= 15 is 0 Å². The van der Waals surface area contributed by atoms with Crippen molar-refractivity contribution in [3.63, 3.8) is 0 Å². The molecule has 0 aliphatic carbocycles. The second kappa shape index (κ2) is 6.56. The Balaban J connectivity index is 1.72. The van der Waals surface area contributed by atoms with Crippen molar-refractivity contribution in [1.82, 2.24) is 24.2 Å². The fourth-order valence-corrected chi connectivity index (χ4v) is 3.46. The SMILES string of the molecule is CCC1c2nccn2CCCN1C(=O)CCn1nc(C)cc1C. The monoisotopic (exact) mass is 315 g/mol. The molecule has 1 atom stereocenters. The molecule has 6 heteroatoms. The third-order valence-corrected chi connectivity index (χ3v) is 4.57. The van der Waals surface area contributed by atoms with Crippen molar-refractivity contribution in [3.8, 4) is 0 Å². The number of hydrogen-bond donors (Lipinski definition) is 0. The van der Waals surface area contributed by atoms with Crippen LogP contribution in [-0.2, 0) is 17.9 Å². The molecule has 0 saturated carbocycles. The lowest BCUT2D eigenvalue weighted by Gasteiger charge is -2.28. The average molecular weight is 315 g/mol. The Hall–Kier alpha value is -2.11. The number of carbonyl (C=O) groups excluding carboxylic acids is 1. The van der Waals surface area contributed by atoms with E-state index in [1.54, 1.807) is 0 Å². The van der Waals surface area contributed by atoms with Gasteiger partial charge in [-0.05, 0) is 32.8 Å². The average Bonchev–Trinajstić information content (AvgIpc) is 3.06. The van der Waals surface area contributed by atoms with Crippen LogP contribution in [0, 0.1) is 13.8 Å². The molecular weight excluding hydrogens is 290 g/mol. The minimum atomic E-state index is 0.0838. The van der Waals surface area contributed by atoms with E-state index in [1.165, 1.54) is 0 Å². The summed E-state index contributed by atoms with van der Waals surface area (Å²) >= 11 is 0. The summed E-state index contributed by atoms with van der Waals surface area (Å²) in [6.07, 6.45) is 6.21. The summed E-state index contributed by atoms with van der Waals surface area (Å²) in [5, 5.41) is 4.44. The van der Waals surface area contributed by atoms with Crippen LogP contribution in [0.25, 0.3) is 0 Å². The number of fused-ring (bicyclic) bond motifs is 1. The van der Waals surface area contributed by atoms with Crippen LogP contribution in [0.3, 0.4) is 0 Å². The zero-order valence-corrected chi connectivity index (χ0v) is 14.2. The Morgan fingerprint density at radius 2 is 2.17 bits per heavy atom. The highest BCUT2D eigenvalue weighted by atomic mass is 16.2. The molecule has 2 aromatic heterocycles. The van der Waals surface area contributed by atoms with E-state index in [0.29, 0.717) is 13.0 Å². The highest BCUT2D eigenvalue weighted by Gasteiger charge is 2.28. The van der Waals surface area contributed by atoms with Crippen molar-refractivity contribution >= 4 is 5.91 Å². The molecule has 23 heavy (non-hydrogen) atoms. The standard InChI is InChI=1S/C17H25N5O/c1-4-15-17-18-7-11-20(17)8-5-9-21(15)16(23)6-10-22-14(3)12-13(2)19-22/h7,11-12,15H,4-6,8-10H2,1-3H3. The zero-order chi connectivity index (χ0) is 16.4. The van der Waals surface area contributed by atoms with Crippen molar-refractivity contribution < 1.29 is 4.79 Å². The number of imidazole rings is 1. The molecule has 0 spiro atoms. The van der Waals surface area contributed by atoms with Crippen molar-refractivity contribution in [1.29, 1.82) is 0 Å². The molecule has 2 aromatic rings. The Morgan fingerprint density at radius 3 is 2.87 bits per heavy atom. The van der Waals surface area contributed by atoms with Crippen LogP contribution >= 0.6 is 0 Å². The second-order valence-corrected chi connectivity index (χ2v) is 6.24. The Morgan fingerprint density at radius 1 is 1.35 bits per heavy atom. The number of amides is 1. The first-order chi connectivity index (χ1) is 11.1. The summed E-state index contributed by atoms with van der Waals surface area (Å²) in [5.74, 6) is 1.21. The maximum Gasteiger partial charge on any atom is 0.225 e. The van der Waals surface area contributed by atoms with Crippen LogP contribution in [0.15, 0.2) is 18.5 Å². The minimum Gasteiger partial charge on any atom is -0.333 e. The summed E-state index contributed by atoms with van der Waals surface area (Å²) in [6, 6.07) is 2.13. The maximum atomic E-state index is 12.8. The molecular formula is C17H25N5O. The molecule has 1 amide bonds. The third kappa shape index (κ3) is 3.16. The van der Waals surface area contributed by atoms with Gasteiger partial charge in [-0.2, -0.15) is 5.10 Å². The fourth-order valence-electron chi connectivity index (χ4n) is 3.46. The third-order valence-electron chi connectivity index (χ3n) is 4.57. The first-order valence-corrected chi connectivity index (χ1v) is 8.41. The number of rotatable bonds is 4. The lowest BCUT2D eigenvalue weighted by Crippen LogP contribution is -2.35. The Bertz CT molecular complexity index is 687. The van der Waals surface area contributed by atoms with E-state index in [1.807, 2.05) is 41.9 Å². The second-order valence-electron chi connectivity index (χ2n) is 6.24. The van der Waals surface area contributed by atoms with E-state index in [4.69, 9.17) is 0 Å². The van der Waals surface area contributed by atoms with Crippen molar-refractivity contribution in [3.05, 3.63) is 35.7 Å². The molecule has 0 fully saturated rings. The van der Waals surface area contributed by atoms with Gasteiger partial charge in [-0.15, -0.1) is 0 Å². The molecule has 0 radical (unpaired) electrons. The van der Waals surface area contributed by atoms with E-state index in [9.17, 15) is 4.79 Å². The van der Waals surface area contributed by atoms with Crippen LogP contribution in [0.2, 0.25) is 0 Å². The van der Waals surface area contributed by atoms with Gasteiger partial charge >= 0.3 is 0 Å². The van der Waals surface area contributed by atoms with E-state index in [-0.39, 0.29) is 11.9 Å². The summed E-state index contributed by atoms with van der Waals surface area (Å²) < 4.78 is 4.11. The molecule has 1 unspecified atom stereocenters. The topological polar surface area (TPSA) is 56.0 Å². The molecule has 124 valence electrons. The number of aromatic nitrogens is 4. The highest BCUT2D eigenvalue weighted by Crippen LogP contribution is 2.27. The number of aryl methyl sites for hydroxylation is 4. The highest BCUT2D eigenvalue weighted by molar-refractivity contribution is 5.76. The van der Waals surface area contributed by atoms with E-state index in [0.717, 1.165) is 43.1 Å². The molecule has 0 aromatic carbocycles. The van der Waals surface area contributed by atoms with Crippen LogP contribution in [0.1, 0.15) is 49.4 Å². The Kier molecular flexibility index (Phi) is 4.50. The summed E-state index contributed by atoms with van der Waals surface area (Å²) in [5.41, 5.74) is 2.10. The molecule has 1 aliphatic heterocycles. The van der Waals surface area contributed by atoms with Crippen LogP contribution in [0.5, 0.6) is 0 Å². The molecule has 3 heterocycles. The first kappa shape index (κ1) is 15.8. The summed E-state index contributed by atoms with van der Waals surface area (Å²) in [6.45, 7) is 8.51. The quantitative estimate of drug-likeness (QED) is 0.871. The van der Waals surface area contributed by atoms with E-state index < -0.39 is 0 Å². The van der Waals surface area contributed by atoms with Crippen LogP contribution in [0.4, 0.5) is 0 Å². The molecule has 3 rings (SSSR count). The predicted octanol–water partition coefficient (Wildman–Crippen LogP) is 2.47. The van der Waals surface area contributed by atoms with Gasteiger partial charge in [0.1, 0.15) is 5.82 Å². The summed E-state index contributed by atoms with van der Waals surface area (Å²) in [4.78, 5) is 19.3. The fraction of sp³-hybridized carbons (Fsp3) is 0.588. The van der Waals surface area contributed by atoms with Crippen molar-refractivity contribution in [2.24, 2.45) is 0 Å². The predicted molar refractivity (Wildman–Crippen MR) is 87.9 cm³/mol. The van der Waals surface area contributed by atoms with Gasteiger partial charge in [0.15, 0.2) is 0 Å². The molecule has 0 N–H and O–H groups in total. The lowest BCUT2D eigenvalue weighted by atomic mass is 10.1.